The lowest BCUT2D eigenvalue weighted by molar-refractivity contribution is -0.126. The number of carbonyl (C=O) groups excluding carboxylic acids is 1. The molecule has 4 nitrogen and oxygen atoms in total. The van der Waals surface area contributed by atoms with Crippen LogP contribution in [0.1, 0.15) is 13.8 Å². The van der Waals surface area contributed by atoms with Crippen molar-refractivity contribution in [1.29, 1.82) is 0 Å². The van der Waals surface area contributed by atoms with Crippen molar-refractivity contribution in [1.82, 2.24) is 15.1 Å². The van der Waals surface area contributed by atoms with Crippen molar-refractivity contribution >= 4 is 5.91 Å². The van der Waals surface area contributed by atoms with Gasteiger partial charge in [-0.25, -0.2) is 0 Å². The first-order valence-electron chi connectivity index (χ1n) is 5.45. The van der Waals surface area contributed by atoms with Gasteiger partial charge in [0.05, 0.1) is 6.54 Å². The van der Waals surface area contributed by atoms with Gasteiger partial charge in [0.1, 0.15) is 0 Å². The van der Waals surface area contributed by atoms with Gasteiger partial charge in [-0.2, -0.15) is 0 Å². The molecule has 1 N–H and O–H groups in total. The fraction of sp³-hybridized carbons (Fsp3) is 0.900. The van der Waals surface area contributed by atoms with E-state index in [1.807, 2.05) is 13.8 Å². The van der Waals surface area contributed by atoms with Crippen LogP contribution in [0.5, 0.6) is 0 Å². The molecular weight excluding hydrogens is 178 g/mol. The number of nitrogens with zero attached hydrogens (tertiary/aromatic N) is 2. The van der Waals surface area contributed by atoms with Crippen LogP contribution in [-0.2, 0) is 4.79 Å². The number of likely N-dealkylation sites (N-methyl/N-ethyl adjacent to an activating group) is 1. The molecule has 2 heterocycles. The maximum absolute atomic E-state index is 11.0. The third-order valence-corrected chi connectivity index (χ3v) is 2.63. The minimum Gasteiger partial charge on any atom is -0.354 e. The number of carbonyl (C=O) groups is 1. The summed E-state index contributed by atoms with van der Waals surface area (Å²) >= 11 is 0. The highest BCUT2D eigenvalue weighted by Gasteiger charge is 2.31. The van der Waals surface area contributed by atoms with Crippen LogP contribution in [0.15, 0.2) is 0 Å². The van der Waals surface area contributed by atoms with E-state index >= 15 is 0 Å². The third kappa shape index (κ3) is 2.69. The van der Waals surface area contributed by atoms with Crippen LogP contribution in [0.4, 0.5) is 0 Å². The largest absolute Gasteiger partial charge is 0.354 e. The monoisotopic (exact) mass is 199 g/mol. The van der Waals surface area contributed by atoms with E-state index in [2.05, 4.69) is 22.2 Å². The van der Waals surface area contributed by atoms with Crippen LogP contribution >= 0.6 is 0 Å². The van der Waals surface area contributed by atoms with Crippen molar-refractivity contribution in [2.45, 2.75) is 19.9 Å². The van der Waals surface area contributed by atoms with Crippen molar-refractivity contribution in [3.05, 3.63) is 0 Å². The van der Waals surface area contributed by atoms with Crippen LogP contribution in [0.25, 0.3) is 0 Å². The smallest absolute Gasteiger partial charge is 0.234 e. The lowest BCUT2D eigenvalue weighted by atomic mass is 10.1. The maximum Gasteiger partial charge on any atom is 0.234 e. The molecule has 0 atom stereocenters. The number of piperazine rings is 1. The Hall–Kier alpha value is -0.610. The van der Waals surface area contributed by atoms with Crippen LogP contribution in [-0.4, -0.2) is 61.5 Å². The quantitative estimate of drug-likeness (QED) is 0.633. The lowest BCUT2D eigenvalue weighted by Gasteiger charge is -2.44. The molecule has 2 fully saturated rings. The Balaban J connectivity index is 0.000000461. The van der Waals surface area contributed by atoms with Gasteiger partial charge in [0, 0.05) is 32.2 Å². The molecule has 2 aliphatic heterocycles. The number of nitrogens with one attached hydrogen (secondary N) is 1. The number of hydrogen-bond acceptors (Lipinski definition) is 3. The average Bonchev–Trinajstić information content (AvgIpc) is 2.16. The molecule has 82 valence electrons. The van der Waals surface area contributed by atoms with Gasteiger partial charge in [0.15, 0.2) is 0 Å². The Labute approximate surface area is 86.2 Å². The highest BCUT2D eigenvalue weighted by atomic mass is 16.2. The molecule has 1 amide bonds. The molecular formula is C10H21N3O. The van der Waals surface area contributed by atoms with Crippen LogP contribution in [0.2, 0.25) is 0 Å². The summed E-state index contributed by atoms with van der Waals surface area (Å²) in [6.07, 6.45) is 0. The summed E-state index contributed by atoms with van der Waals surface area (Å²) in [5, 5.41) is 2.83. The van der Waals surface area contributed by atoms with Gasteiger partial charge in [0.2, 0.25) is 5.91 Å². The number of likely N-dealkylation sites (tertiary alicyclic amines) is 1. The van der Waals surface area contributed by atoms with Crippen molar-refractivity contribution in [3.8, 4) is 0 Å². The molecule has 0 bridgehead atoms. The summed E-state index contributed by atoms with van der Waals surface area (Å²) < 4.78 is 0. The number of amides is 1. The number of rotatable bonds is 1. The Kier molecular flexibility index (Phi) is 4.35. The van der Waals surface area contributed by atoms with E-state index in [9.17, 15) is 4.79 Å². The first-order chi connectivity index (χ1) is 6.75. The van der Waals surface area contributed by atoms with Crippen molar-refractivity contribution in [2.24, 2.45) is 0 Å². The standard InChI is InChI=1S/C8H15N3O.C2H6/c1-10-4-7(5-10)11-3-2-9-8(12)6-11;1-2/h7H,2-6H2,1H3,(H,9,12);1-2H3. The Morgan fingerprint density at radius 2 is 2.00 bits per heavy atom. The summed E-state index contributed by atoms with van der Waals surface area (Å²) in [7, 11) is 2.11. The van der Waals surface area contributed by atoms with Crippen molar-refractivity contribution in [2.75, 3.05) is 39.8 Å². The Morgan fingerprint density at radius 1 is 1.36 bits per heavy atom. The van der Waals surface area contributed by atoms with E-state index in [0.29, 0.717) is 12.6 Å². The molecule has 0 aromatic heterocycles. The van der Waals surface area contributed by atoms with Gasteiger partial charge in [0.25, 0.3) is 0 Å². The molecule has 0 aliphatic carbocycles. The topological polar surface area (TPSA) is 35.6 Å². The minimum absolute atomic E-state index is 0.177. The fourth-order valence-corrected chi connectivity index (χ4v) is 1.87. The third-order valence-electron chi connectivity index (χ3n) is 2.63. The first-order valence-corrected chi connectivity index (χ1v) is 5.45. The average molecular weight is 199 g/mol. The van der Waals surface area contributed by atoms with Gasteiger partial charge < -0.3 is 10.2 Å². The van der Waals surface area contributed by atoms with Gasteiger partial charge in [-0.05, 0) is 7.05 Å². The van der Waals surface area contributed by atoms with E-state index < -0.39 is 0 Å². The molecule has 0 spiro atoms. The van der Waals surface area contributed by atoms with E-state index in [0.717, 1.165) is 26.2 Å². The summed E-state index contributed by atoms with van der Waals surface area (Å²) in [5.41, 5.74) is 0. The van der Waals surface area contributed by atoms with Crippen LogP contribution in [0, 0.1) is 0 Å². The van der Waals surface area contributed by atoms with Gasteiger partial charge in [-0.15, -0.1) is 0 Å². The second-order valence-electron chi connectivity index (χ2n) is 3.70. The molecule has 0 unspecified atom stereocenters. The molecule has 0 aromatic rings. The zero-order valence-corrected chi connectivity index (χ0v) is 9.42. The van der Waals surface area contributed by atoms with E-state index in [1.165, 1.54) is 0 Å². The SMILES string of the molecule is CC.CN1CC(N2CCNC(=O)C2)C1. The van der Waals surface area contributed by atoms with Crippen molar-refractivity contribution in [3.63, 3.8) is 0 Å². The maximum atomic E-state index is 11.0. The van der Waals surface area contributed by atoms with Crippen LogP contribution in [0.3, 0.4) is 0 Å². The molecule has 0 saturated carbocycles. The fourth-order valence-electron chi connectivity index (χ4n) is 1.87. The van der Waals surface area contributed by atoms with Gasteiger partial charge in [-0.3, -0.25) is 9.69 Å². The van der Waals surface area contributed by atoms with E-state index in [-0.39, 0.29) is 5.91 Å². The van der Waals surface area contributed by atoms with Gasteiger partial charge in [-0.1, -0.05) is 13.8 Å². The molecule has 0 radical (unpaired) electrons. The highest BCUT2D eigenvalue weighted by Crippen LogP contribution is 2.12. The van der Waals surface area contributed by atoms with Gasteiger partial charge >= 0.3 is 0 Å². The summed E-state index contributed by atoms with van der Waals surface area (Å²) in [5.74, 6) is 0.177. The highest BCUT2D eigenvalue weighted by molar-refractivity contribution is 5.78. The minimum atomic E-state index is 0.177. The Bertz CT molecular complexity index is 190. The van der Waals surface area contributed by atoms with E-state index in [1.54, 1.807) is 0 Å². The predicted octanol–water partition coefficient (Wildman–Crippen LogP) is -0.242. The summed E-state index contributed by atoms with van der Waals surface area (Å²) in [6, 6.07) is 0.626. The lowest BCUT2D eigenvalue weighted by Crippen LogP contribution is -2.62. The summed E-state index contributed by atoms with van der Waals surface area (Å²) in [6.45, 7) is 8.67. The number of hydrogen-bond donors (Lipinski definition) is 1. The summed E-state index contributed by atoms with van der Waals surface area (Å²) in [4.78, 5) is 15.6. The van der Waals surface area contributed by atoms with Crippen molar-refractivity contribution < 1.29 is 4.79 Å². The molecule has 2 rings (SSSR count). The predicted molar refractivity (Wildman–Crippen MR) is 57.2 cm³/mol. The molecule has 2 saturated heterocycles. The normalized spacial score (nSPS) is 24.6. The molecule has 4 heteroatoms. The van der Waals surface area contributed by atoms with Crippen LogP contribution < -0.4 is 5.32 Å². The molecule has 14 heavy (non-hydrogen) atoms. The second-order valence-corrected chi connectivity index (χ2v) is 3.70. The molecule has 0 aromatic carbocycles. The second kappa shape index (κ2) is 5.32. The zero-order valence-electron chi connectivity index (χ0n) is 9.42. The zero-order chi connectivity index (χ0) is 10.6. The molecule has 2 aliphatic rings. The first kappa shape index (κ1) is 11.5. The van der Waals surface area contributed by atoms with E-state index in [4.69, 9.17) is 0 Å². The Morgan fingerprint density at radius 3 is 2.50 bits per heavy atom.